The number of hydrogen-bond acceptors (Lipinski definition) is 2. The molecule has 29 heavy (non-hydrogen) atoms. The van der Waals surface area contributed by atoms with E-state index in [0.29, 0.717) is 17.1 Å². The van der Waals surface area contributed by atoms with Crippen LogP contribution in [-0.2, 0) is 6.18 Å². The Kier molecular flexibility index (Phi) is 5.79. The maximum absolute atomic E-state index is 12.7. The lowest BCUT2D eigenvalue weighted by atomic mass is 10.1. The van der Waals surface area contributed by atoms with Crippen molar-refractivity contribution in [3.63, 3.8) is 0 Å². The van der Waals surface area contributed by atoms with Crippen molar-refractivity contribution < 1.29 is 22.7 Å². The van der Waals surface area contributed by atoms with E-state index in [9.17, 15) is 18.0 Å². The average Bonchev–Trinajstić information content (AvgIpc) is 2.67. The fourth-order valence-corrected chi connectivity index (χ4v) is 2.86. The van der Waals surface area contributed by atoms with Crippen molar-refractivity contribution >= 4 is 16.7 Å². The third kappa shape index (κ3) is 4.88. The first-order valence-electron chi connectivity index (χ1n) is 8.89. The van der Waals surface area contributed by atoms with E-state index in [2.05, 4.69) is 17.2 Å². The van der Waals surface area contributed by atoms with Gasteiger partial charge in [-0.15, -0.1) is 5.92 Å². The summed E-state index contributed by atoms with van der Waals surface area (Å²) in [4.78, 5) is 12.4. The van der Waals surface area contributed by atoms with Crippen molar-refractivity contribution in [1.82, 2.24) is 5.32 Å². The molecule has 1 amide bonds. The molecule has 3 aromatic carbocycles. The van der Waals surface area contributed by atoms with Crippen LogP contribution in [0.2, 0.25) is 0 Å². The van der Waals surface area contributed by atoms with Crippen LogP contribution < -0.4 is 10.1 Å². The maximum Gasteiger partial charge on any atom is 0.416 e. The van der Waals surface area contributed by atoms with Gasteiger partial charge in [0.15, 0.2) is 0 Å². The highest BCUT2D eigenvalue weighted by Crippen LogP contribution is 2.33. The van der Waals surface area contributed by atoms with E-state index in [1.807, 2.05) is 6.07 Å². The van der Waals surface area contributed by atoms with Crippen molar-refractivity contribution in [1.29, 1.82) is 0 Å². The lowest BCUT2D eigenvalue weighted by Gasteiger charge is -2.12. The normalized spacial score (nSPS) is 12.0. The van der Waals surface area contributed by atoms with Crippen LogP contribution in [0.1, 0.15) is 29.8 Å². The summed E-state index contributed by atoms with van der Waals surface area (Å²) in [7, 11) is 0. The van der Waals surface area contributed by atoms with E-state index in [0.717, 1.165) is 22.9 Å². The molecule has 1 N–H and O–H groups in total. The van der Waals surface area contributed by atoms with Crippen LogP contribution >= 0.6 is 0 Å². The van der Waals surface area contributed by atoms with Gasteiger partial charge in [0, 0.05) is 10.9 Å². The number of nitrogens with one attached hydrogen (secondary N) is 1. The van der Waals surface area contributed by atoms with Crippen molar-refractivity contribution in [3.8, 4) is 23.3 Å². The van der Waals surface area contributed by atoms with Gasteiger partial charge in [-0.25, -0.2) is 0 Å². The van der Waals surface area contributed by atoms with Gasteiger partial charge >= 0.3 is 6.18 Å². The number of ether oxygens (including phenoxy) is 1. The van der Waals surface area contributed by atoms with Crippen LogP contribution in [0.4, 0.5) is 13.2 Å². The Labute approximate surface area is 166 Å². The quantitative estimate of drug-likeness (QED) is 0.566. The minimum Gasteiger partial charge on any atom is -0.457 e. The maximum atomic E-state index is 12.7. The molecule has 1 atom stereocenters. The minimum atomic E-state index is -4.39. The van der Waals surface area contributed by atoms with Crippen LogP contribution in [0.15, 0.2) is 60.7 Å². The molecule has 3 aromatic rings. The van der Waals surface area contributed by atoms with Gasteiger partial charge in [0.2, 0.25) is 0 Å². The lowest BCUT2D eigenvalue weighted by molar-refractivity contribution is -0.137. The Morgan fingerprint density at radius 3 is 2.45 bits per heavy atom. The summed E-state index contributed by atoms with van der Waals surface area (Å²) >= 11 is 0. The summed E-state index contributed by atoms with van der Waals surface area (Å²) in [6, 6.07) is 14.7. The molecule has 0 saturated carbocycles. The summed E-state index contributed by atoms with van der Waals surface area (Å²) in [5.41, 5.74) is -0.255. The number of carbonyl (C=O) groups is 1. The monoisotopic (exact) mass is 397 g/mol. The molecular weight excluding hydrogens is 379 g/mol. The van der Waals surface area contributed by atoms with Crippen LogP contribution in [-0.4, -0.2) is 11.9 Å². The standard InChI is InChI=1S/C23H18F3NO2/c1-3-5-15(2)27-22(28)17-8-13-20-16(14-17)6-4-7-21(20)29-19-11-9-18(10-12-19)23(24,25)26/h4,6-15H,1-2H3,(H,27,28)/t15-/m1/s1. The number of hydrogen-bond donors (Lipinski definition) is 1. The van der Waals surface area contributed by atoms with E-state index in [4.69, 9.17) is 4.74 Å². The summed E-state index contributed by atoms with van der Waals surface area (Å²) in [5, 5.41) is 4.31. The minimum absolute atomic E-state index is 0.240. The Hall–Kier alpha value is -3.46. The van der Waals surface area contributed by atoms with Gasteiger partial charge in [-0.1, -0.05) is 18.1 Å². The molecule has 3 rings (SSSR count). The highest BCUT2D eigenvalue weighted by atomic mass is 19.4. The molecule has 6 heteroatoms. The zero-order chi connectivity index (χ0) is 21.0. The lowest BCUT2D eigenvalue weighted by Crippen LogP contribution is -2.31. The van der Waals surface area contributed by atoms with Crippen LogP contribution in [0.5, 0.6) is 11.5 Å². The zero-order valence-electron chi connectivity index (χ0n) is 15.8. The molecule has 148 valence electrons. The topological polar surface area (TPSA) is 38.3 Å². The second-order valence-corrected chi connectivity index (χ2v) is 6.41. The number of amides is 1. The van der Waals surface area contributed by atoms with Gasteiger partial charge in [0.1, 0.15) is 11.5 Å². The molecule has 0 spiro atoms. The Balaban J connectivity index is 1.85. The summed E-state index contributed by atoms with van der Waals surface area (Å²) in [6.45, 7) is 3.50. The summed E-state index contributed by atoms with van der Waals surface area (Å²) < 4.78 is 43.9. The molecule has 0 heterocycles. The molecule has 0 aliphatic rings. The van der Waals surface area contributed by atoms with Crippen LogP contribution in [0.3, 0.4) is 0 Å². The molecule has 0 aliphatic carbocycles. The van der Waals surface area contributed by atoms with Gasteiger partial charge in [0.05, 0.1) is 11.6 Å². The van der Waals surface area contributed by atoms with E-state index in [1.165, 1.54) is 12.1 Å². The van der Waals surface area contributed by atoms with Crippen molar-refractivity contribution in [2.75, 3.05) is 0 Å². The number of fused-ring (bicyclic) bond motifs is 1. The van der Waals surface area contributed by atoms with Crippen molar-refractivity contribution in [2.24, 2.45) is 0 Å². The smallest absolute Gasteiger partial charge is 0.416 e. The molecule has 0 aromatic heterocycles. The highest BCUT2D eigenvalue weighted by Gasteiger charge is 2.30. The number of carbonyl (C=O) groups excluding carboxylic acids is 1. The number of alkyl halides is 3. The third-order valence-electron chi connectivity index (χ3n) is 4.22. The first kappa shape index (κ1) is 20.3. The predicted octanol–water partition coefficient (Wildman–Crippen LogP) is 5.79. The number of benzene rings is 3. The van der Waals surface area contributed by atoms with Crippen molar-refractivity contribution in [3.05, 3.63) is 71.8 Å². The summed E-state index contributed by atoms with van der Waals surface area (Å²) in [5.74, 6) is 6.15. The molecule has 0 aliphatic heterocycles. The SMILES string of the molecule is CC#C[C@@H](C)NC(=O)c1ccc2c(Oc3ccc(C(F)(F)F)cc3)cccc2c1. The molecule has 0 bridgehead atoms. The zero-order valence-corrected chi connectivity index (χ0v) is 15.8. The molecule has 0 saturated heterocycles. The van der Waals surface area contributed by atoms with E-state index in [1.54, 1.807) is 44.2 Å². The Morgan fingerprint density at radius 2 is 1.79 bits per heavy atom. The molecule has 0 unspecified atom stereocenters. The second-order valence-electron chi connectivity index (χ2n) is 6.41. The van der Waals surface area contributed by atoms with E-state index in [-0.39, 0.29) is 11.9 Å². The first-order valence-corrected chi connectivity index (χ1v) is 8.89. The molecule has 0 fully saturated rings. The van der Waals surface area contributed by atoms with E-state index >= 15 is 0 Å². The van der Waals surface area contributed by atoms with E-state index < -0.39 is 11.7 Å². The van der Waals surface area contributed by atoms with Gasteiger partial charge in [-0.3, -0.25) is 4.79 Å². The molecule has 0 radical (unpaired) electrons. The van der Waals surface area contributed by atoms with Gasteiger partial charge in [-0.2, -0.15) is 13.2 Å². The van der Waals surface area contributed by atoms with Crippen LogP contribution in [0, 0.1) is 11.8 Å². The van der Waals surface area contributed by atoms with Gasteiger partial charge in [-0.05, 0) is 67.8 Å². The number of halogens is 3. The fraction of sp³-hybridized carbons (Fsp3) is 0.174. The number of rotatable bonds is 4. The van der Waals surface area contributed by atoms with Crippen molar-refractivity contribution in [2.45, 2.75) is 26.1 Å². The summed E-state index contributed by atoms with van der Waals surface area (Å²) in [6.07, 6.45) is -4.39. The second kappa shape index (κ2) is 8.27. The molecular formula is C23H18F3NO2. The largest absolute Gasteiger partial charge is 0.457 e. The van der Waals surface area contributed by atoms with Gasteiger partial charge in [0.25, 0.3) is 5.91 Å². The average molecular weight is 397 g/mol. The predicted molar refractivity (Wildman–Crippen MR) is 106 cm³/mol. The Morgan fingerprint density at radius 1 is 1.07 bits per heavy atom. The van der Waals surface area contributed by atoms with Crippen LogP contribution in [0.25, 0.3) is 10.8 Å². The Bertz CT molecular complexity index is 1090. The fourth-order valence-electron chi connectivity index (χ4n) is 2.86. The first-order chi connectivity index (χ1) is 13.8. The third-order valence-corrected chi connectivity index (χ3v) is 4.22. The molecule has 3 nitrogen and oxygen atoms in total. The highest BCUT2D eigenvalue weighted by molar-refractivity contribution is 6.00. The van der Waals surface area contributed by atoms with Gasteiger partial charge < -0.3 is 10.1 Å².